The largest absolute Gasteiger partial charge is 0.369 e. The fourth-order valence-corrected chi connectivity index (χ4v) is 3.80. The molecule has 1 unspecified atom stereocenters. The van der Waals surface area contributed by atoms with Gasteiger partial charge in [0.2, 0.25) is 5.91 Å². The number of fused-ring (bicyclic) bond motifs is 1. The molecule has 0 aliphatic carbocycles. The molecule has 2 aromatic carbocycles. The summed E-state index contributed by atoms with van der Waals surface area (Å²) < 4.78 is 0. The Bertz CT molecular complexity index is 1120. The van der Waals surface area contributed by atoms with Gasteiger partial charge in [-0.3, -0.25) is 14.5 Å². The van der Waals surface area contributed by atoms with E-state index >= 15 is 0 Å². The molecule has 1 fully saturated rings. The molecule has 0 radical (unpaired) electrons. The average Bonchev–Trinajstić information content (AvgIpc) is 3.12. The number of ketones is 1. The summed E-state index contributed by atoms with van der Waals surface area (Å²) >= 11 is 0. The monoisotopic (exact) mass is 407 g/mol. The van der Waals surface area contributed by atoms with Crippen LogP contribution in [-0.2, 0) is 4.79 Å². The van der Waals surface area contributed by atoms with Crippen molar-refractivity contribution in [3.05, 3.63) is 58.5 Å². The highest BCUT2D eigenvalue weighted by Crippen LogP contribution is 2.19. The lowest BCUT2D eigenvalue weighted by molar-refractivity contribution is -0.120. The fourth-order valence-electron chi connectivity index (χ4n) is 3.80. The van der Waals surface area contributed by atoms with Crippen LogP contribution in [0.1, 0.15) is 24.2 Å². The van der Waals surface area contributed by atoms with E-state index in [9.17, 15) is 14.4 Å². The maximum absolute atomic E-state index is 12.7. The lowest BCUT2D eigenvalue weighted by Gasteiger charge is -2.38. The molecule has 1 atom stereocenters. The fraction of sp³-hybridized carbons (Fsp3) is 0.318. The van der Waals surface area contributed by atoms with Gasteiger partial charge in [0.25, 0.3) is 0 Å². The molecule has 0 spiro atoms. The SMILES string of the molecule is CC(=O)c1ccc(N2CCN(C(C)C(=O)Nc3ccc4[nH]c(=O)[nH]c4c3)CC2)cc1. The van der Waals surface area contributed by atoms with Gasteiger partial charge < -0.3 is 20.2 Å². The van der Waals surface area contributed by atoms with Crippen LogP contribution < -0.4 is 15.9 Å². The van der Waals surface area contributed by atoms with Crippen LogP contribution in [-0.4, -0.2) is 58.8 Å². The Morgan fingerprint density at radius 2 is 1.63 bits per heavy atom. The number of carbonyl (C=O) groups is 2. The first-order chi connectivity index (χ1) is 14.4. The van der Waals surface area contributed by atoms with Crippen LogP contribution in [0.15, 0.2) is 47.3 Å². The summed E-state index contributed by atoms with van der Waals surface area (Å²) in [6.07, 6.45) is 0. The van der Waals surface area contributed by atoms with E-state index in [4.69, 9.17) is 0 Å². The number of imidazole rings is 1. The Hall–Kier alpha value is -3.39. The summed E-state index contributed by atoms with van der Waals surface area (Å²) in [5.41, 5.74) is 3.55. The minimum Gasteiger partial charge on any atom is -0.369 e. The first-order valence-electron chi connectivity index (χ1n) is 10.0. The van der Waals surface area contributed by atoms with Crippen LogP contribution in [0, 0.1) is 0 Å². The molecule has 0 saturated carbocycles. The van der Waals surface area contributed by atoms with Crippen molar-refractivity contribution in [2.45, 2.75) is 19.9 Å². The Morgan fingerprint density at radius 3 is 2.30 bits per heavy atom. The molecule has 1 aliphatic rings. The van der Waals surface area contributed by atoms with Crippen molar-refractivity contribution in [1.82, 2.24) is 14.9 Å². The second-order valence-electron chi connectivity index (χ2n) is 7.63. The number of piperazine rings is 1. The maximum atomic E-state index is 12.7. The maximum Gasteiger partial charge on any atom is 0.323 e. The molecule has 4 rings (SSSR count). The molecule has 30 heavy (non-hydrogen) atoms. The summed E-state index contributed by atoms with van der Waals surface area (Å²) in [6, 6.07) is 12.7. The molecule has 3 N–H and O–H groups in total. The van der Waals surface area contributed by atoms with Gasteiger partial charge in [-0.25, -0.2) is 4.79 Å². The van der Waals surface area contributed by atoms with E-state index in [0.29, 0.717) is 22.3 Å². The van der Waals surface area contributed by atoms with E-state index in [1.807, 2.05) is 31.2 Å². The van der Waals surface area contributed by atoms with E-state index in [1.165, 1.54) is 0 Å². The Balaban J connectivity index is 1.34. The van der Waals surface area contributed by atoms with Crippen LogP contribution in [0.25, 0.3) is 11.0 Å². The molecule has 3 aromatic rings. The summed E-state index contributed by atoms with van der Waals surface area (Å²) in [6.45, 7) is 6.64. The lowest BCUT2D eigenvalue weighted by atomic mass is 10.1. The molecular formula is C22H25N5O3. The van der Waals surface area contributed by atoms with Crippen molar-refractivity contribution in [2.75, 3.05) is 36.4 Å². The zero-order valence-corrected chi connectivity index (χ0v) is 17.1. The number of amides is 1. The van der Waals surface area contributed by atoms with Crippen molar-refractivity contribution < 1.29 is 9.59 Å². The van der Waals surface area contributed by atoms with Gasteiger partial charge in [0.05, 0.1) is 17.1 Å². The highest BCUT2D eigenvalue weighted by molar-refractivity contribution is 5.96. The summed E-state index contributed by atoms with van der Waals surface area (Å²) in [5.74, 6) is -0.0142. The number of aromatic amines is 2. The van der Waals surface area contributed by atoms with Crippen LogP contribution in [0.5, 0.6) is 0 Å². The third kappa shape index (κ3) is 4.13. The zero-order valence-electron chi connectivity index (χ0n) is 17.1. The molecule has 8 heteroatoms. The van der Waals surface area contributed by atoms with E-state index < -0.39 is 0 Å². The lowest BCUT2D eigenvalue weighted by Crippen LogP contribution is -2.52. The molecule has 1 aliphatic heterocycles. The molecule has 1 amide bonds. The highest BCUT2D eigenvalue weighted by Gasteiger charge is 2.26. The minimum atomic E-state index is -0.270. The number of Topliss-reactive ketones (excluding diaryl/α,β-unsaturated/α-hetero) is 1. The second-order valence-corrected chi connectivity index (χ2v) is 7.63. The summed E-state index contributed by atoms with van der Waals surface area (Å²) in [4.78, 5) is 45.4. The molecule has 1 aromatic heterocycles. The first-order valence-corrected chi connectivity index (χ1v) is 10.0. The predicted octanol–water partition coefficient (Wildman–Crippen LogP) is 2.21. The Morgan fingerprint density at radius 1 is 0.967 bits per heavy atom. The molecule has 1 saturated heterocycles. The first kappa shape index (κ1) is 19.9. The Kier molecular flexibility index (Phi) is 5.41. The highest BCUT2D eigenvalue weighted by atomic mass is 16.2. The van der Waals surface area contributed by atoms with Gasteiger partial charge in [-0.2, -0.15) is 0 Å². The van der Waals surface area contributed by atoms with Crippen LogP contribution in [0.3, 0.4) is 0 Å². The zero-order chi connectivity index (χ0) is 21.3. The third-order valence-electron chi connectivity index (χ3n) is 5.66. The third-order valence-corrected chi connectivity index (χ3v) is 5.66. The number of nitrogens with one attached hydrogen (secondary N) is 3. The molecule has 156 valence electrons. The standard InChI is InChI=1S/C22H25N5O3/c1-14(21(29)23-17-5-8-19-20(13-17)25-22(30)24-19)26-9-11-27(12-10-26)18-6-3-16(4-7-18)15(2)28/h3-8,13-14H,9-12H2,1-2H3,(H,23,29)(H2,24,25,30). The number of carbonyl (C=O) groups excluding carboxylic acids is 2. The summed E-state index contributed by atoms with van der Waals surface area (Å²) in [7, 11) is 0. The van der Waals surface area contributed by atoms with Crippen LogP contribution >= 0.6 is 0 Å². The van der Waals surface area contributed by atoms with Crippen LogP contribution in [0.2, 0.25) is 0 Å². The summed E-state index contributed by atoms with van der Waals surface area (Å²) in [5, 5.41) is 2.94. The van der Waals surface area contributed by atoms with Gasteiger partial charge in [0.15, 0.2) is 5.78 Å². The van der Waals surface area contributed by atoms with Crippen molar-refractivity contribution in [3.8, 4) is 0 Å². The van der Waals surface area contributed by atoms with Crippen LogP contribution in [0.4, 0.5) is 11.4 Å². The number of anilines is 2. The van der Waals surface area contributed by atoms with Gasteiger partial charge in [0, 0.05) is 43.1 Å². The van der Waals surface area contributed by atoms with Gasteiger partial charge in [0.1, 0.15) is 0 Å². The number of hydrogen-bond acceptors (Lipinski definition) is 5. The van der Waals surface area contributed by atoms with Crippen molar-refractivity contribution >= 4 is 34.1 Å². The number of benzene rings is 2. The van der Waals surface area contributed by atoms with Crippen molar-refractivity contribution in [3.63, 3.8) is 0 Å². The quantitative estimate of drug-likeness (QED) is 0.563. The van der Waals surface area contributed by atoms with Gasteiger partial charge in [-0.15, -0.1) is 0 Å². The number of hydrogen-bond donors (Lipinski definition) is 3. The Labute approximate surface area is 173 Å². The number of rotatable bonds is 5. The molecule has 8 nitrogen and oxygen atoms in total. The molecule has 2 heterocycles. The van der Waals surface area contributed by atoms with E-state index in [2.05, 4.69) is 25.1 Å². The number of nitrogens with zero attached hydrogens (tertiary/aromatic N) is 2. The normalized spacial score (nSPS) is 15.9. The van der Waals surface area contributed by atoms with Gasteiger partial charge in [-0.1, -0.05) is 0 Å². The predicted molar refractivity (Wildman–Crippen MR) is 117 cm³/mol. The van der Waals surface area contributed by atoms with E-state index in [-0.39, 0.29) is 23.4 Å². The van der Waals surface area contributed by atoms with Crippen molar-refractivity contribution in [2.24, 2.45) is 0 Å². The van der Waals surface area contributed by atoms with Crippen molar-refractivity contribution in [1.29, 1.82) is 0 Å². The molecular weight excluding hydrogens is 382 g/mol. The van der Waals surface area contributed by atoms with Gasteiger partial charge in [-0.05, 0) is 56.3 Å². The van der Waals surface area contributed by atoms with E-state index in [1.54, 1.807) is 25.1 Å². The second kappa shape index (κ2) is 8.16. The number of aromatic nitrogens is 2. The average molecular weight is 407 g/mol. The molecule has 0 bridgehead atoms. The topological polar surface area (TPSA) is 101 Å². The smallest absolute Gasteiger partial charge is 0.323 e. The van der Waals surface area contributed by atoms with Gasteiger partial charge >= 0.3 is 5.69 Å². The van der Waals surface area contributed by atoms with E-state index in [0.717, 1.165) is 31.9 Å². The minimum absolute atomic E-state index is 0.0632. The number of H-pyrrole nitrogens is 2.